The van der Waals surface area contributed by atoms with E-state index in [4.69, 9.17) is 0 Å². The third kappa shape index (κ3) is 7.15. The van der Waals surface area contributed by atoms with Gasteiger partial charge >= 0.3 is 6.18 Å². The lowest BCUT2D eigenvalue weighted by Crippen LogP contribution is -2.52. The van der Waals surface area contributed by atoms with Gasteiger partial charge in [0.15, 0.2) is 0 Å². The van der Waals surface area contributed by atoms with Crippen molar-refractivity contribution in [3.8, 4) is 0 Å². The smallest absolute Gasteiger partial charge is 0.371 e. The molecule has 48 heavy (non-hydrogen) atoms. The number of fused-ring (bicyclic) bond motifs is 1. The average molecular weight is 679 g/mol. The second-order valence-corrected chi connectivity index (χ2v) is 13.2. The first-order valence-electron chi connectivity index (χ1n) is 16.0. The van der Waals surface area contributed by atoms with Crippen molar-refractivity contribution in [3.05, 3.63) is 66.1 Å². The molecule has 2 saturated heterocycles. The molecule has 0 atom stereocenters. The fourth-order valence-electron chi connectivity index (χ4n) is 6.45. The molecule has 6 rings (SSSR count). The third-order valence-corrected chi connectivity index (χ3v) is 9.96. The van der Waals surface area contributed by atoms with Crippen molar-refractivity contribution in [2.45, 2.75) is 32.0 Å². The predicted molar refractivity (Wildman–Crippen MR) is 191 cm³/mol. The molecule has 4 aromatic rings. The van der Waals surface area contributed by atoms with Gasteiger partial charge in [0, 0.05) is 88.5 Å². The maximum absolute atomic E-state index is 14.6. The Morgan fingerprint density at radius 3 is 2.40 bits per heavy atom. The number of rotatable bonds is 9. The van der Waals surface area contributed by atoms with Gasteiger partial charge < -0.3 is 24.7 Å². The number of alkyl halides is 3. The highest BCUT2D eigenvalue weighted by Gasteiger charge is 2.36. The summed E-state index contributed by atoms with van der Waals surface area (Å²) in [5.41, 5.74) is 3.94. The Hall–Kier alpha value is -4.14. The highest BCUT2D eigenvalue weighted by Crippen LogP contribution is 2.42. The molecule has 2 aliphatic heterocycles. The van der Waals surface area contributed by atoms with Gasteiger partial charge in [0.1, 0.15) is 11.3 Å². The molecule has 2 aliphatic rings. The number of nitrogens with zero attached hydrogens (tertiary/aromatic N) is 8. The van der Waals surface area contributed by atoms with Gasteiger partial charge in [-0.1, -0.05) is 24.6 Å². The fraction of sp³-hybridized carbons (Fsp3) is 0.412. The van der Waals surface area contributed by atoms with Gasteiger partial charge in [0.2, 0.25) is 5.95 Å². The number of piperazine rings is 1. The van der Waals surface area contributed by atoms with Gasteiger partial charge in [-0.2, -0.15) is 18.2 Å². The SMILES string of the molecule is C=Cc1cc(Nc2ncc(C)c(Nc3ccc4nccnc4c3N(C)SC)n2)c(C(F)(F)F)cc1N1CCC(N2CCN(C)CC2)CC1. The van der Waals surface area contributed by atoms with E-state index in [1.807, 2.05) is 36.7 Å². The number of piperidine rings is 1. The van der Waals surface area contributed by atoms with Crippen LogP contribution in [0, 0.1) is 6.92 Å². The van der Waals surface area contributed by atoms with E-state index < -0.39 is 11.7 Å². The van der Waals surface area contributed by atoms with Crippen LogP contribution in [0.25, 0.3) is 17.1 Å². The standard InChI is InChI=1S/C34H41F3N10S/c1-6-23-19-28(25(34(35,36)37)20-29(23)47-13-9-24(10-14-47)46-17-15-44(3)16-18-46)42-33-40-21-22(2)32(43-33)41-27-8-7-26-30(39-12-11-38-26)31(27)45(4)48-5/h6-8,11-12,19-21,24H,1,9-10,13-18H2,2-5H3,(H2,40,41,42,43). The van der Waals surface area contributed by atoms with Crippen LogP contribution in [0.3, 0.4) is 0 Å². The van der Waals surface area contributed by atoms with Crippen LogP contribution in [0.4, 0.5) is 47.7 Å². The van der Waals surface area contributed by atoms with E-state index in [1.165, 1.54) is 24.1 Å². The molecule has 2 fully saturated rings. The Morgan fingerprint density at radius 2 is 1.71 bits per heavy atom. The normalized spacial score (nSPS) is 16.7. The molecule has 2 aromatic heterocycles. The van der Waals surface area contributed by atoms with Crippen LogP contribution in [0.5, 0.6) is 0 Å². The Bertz CT molecular complexity index is 1770. The van der Waals surface area contributed by atoms with Crippen molar-refractivity contribution in [3.63, 3.8) is 0 Å². The molecule has 0 saturated carbocycles. The number of hydrogen-bond donors (Lipinski definition) is 2. The zero-order valence-electron chi connectivity index (χ0n) is 27.7. The summed E-state index contributed by atoms with van der Waals surface area (Å²) < 4.78 is 45.8. The van der Waals surface area contributed by atoms with Gasteiger partial charge in [-0.05, 0) is 56.6 Å². The van der Waals surface area contributed by atoms with E-state index in [0.29, 0.717) is 41.7 Å². The molecule has 0 unspecified atom stereocenters. The maximum atomic E-state index is 14.6. The lowest BCUT2D eigenvalue weighted by atomic mass is 9.99. The van der Waals surface area contributed by atoms with Gasteiger partial charge in [0.25, 0.3) is 0 Å². The summed E-state index contributed by atoms with van der Waals surface area (Å²) >= 11 is 1.51. The van der Waals surface area contributed by atoms with E-state index in [1.54, 1.807) is 24.7 Å². The van der Waals surface area contributed by atoms with Crippen LogP contribution in [0.15, 0.2) is 49.4 Å². The zero-order chi connectivity index (χ0) is 34.0. The van der Waals surface area contributed by atoms with Crippen molar-refractivity contribution in [1.82, 2.24) is 29.7 Å². The largest absolute Gasteiger partial charge is 0.418 e. The summed E-state index contributed by atoms with van der Waals surface area (Å²) in [6.45, 7) is 11.3. The Balaban J connectivity index is 1.27. The molecule has 4 heterocycles. The Labute approximate surface area is 283 Å². The molecule has 0 spiro atoms. The predicted octanol–water partition coefficient (Wildman–Crippen LogP) is 6.81. The number of nitrogens with one attached hydrogen (secondary N) is 2. The summed E-state index contributed by atoms with van der Waals surface area (Å²) in [6, 6.07) is 6.94. The van der Waals surface area contributed by atoms with Crippen LogP contribution in [0.1, 0.15) is 29.5 Å². The summed E-state index contributed by atoms with van der Waals surface area (Å²) in [5, 5.41) is 6.23. The van der Waals surface area contributed by atoms with E-state index >= 15 is 0 Å². The van der Waals surface area contributed by atoms with Gasteiger partial charge in [-0.15, -0.1) is 0 Å². The van der Waals surface area contributed by atoms with Crippen LogP contribution >= 0.6 is 11.9 Å². The van der Waals surface area contributed by atoms with Crippen LogP contribution < -0.4 is 19.8 Å². The second kappa shape index (κ2) is 14.1. The molecular weight excluding hydrogens is 638 g/mol. The van der Waals surface area contributed by atoms with Crippen LogP contribution in [-0.4, -0.2) is 95.4 Å². The summed E-state index contributed by atoms with van der Waals surface area (Å²) in [4.78, 5) is 24.8. The average Bonchev–Trinajstić information content (AvgIpc) is 3.09. The fourth-order valence-corrected chi connectivity index (χ4v) is 6.82. The highest BCUT2D eigenvalue weighted by atomic mass is 32.2. The first-order chi connectivity index (χ1) is 23.0. The minimum atomic E-state index is -4.61. The zero-order valence-corrected chi connectivity index (χ0v) is 28.5. The quantitative estimate of drug-likeness (QED) is 0.183. The van der Waals surface area contributed by atoms with Gasteiger partial charge in [-0.3, -0.25) is 14.9 Å². The molecule has 254 valence electrons. The first kappa shape index (κ1) is 33.7. The minimum absolute atomic E-state index is 0.0321. The van der Waals surface area contributed by atoms with Gasteiger partial charge in [-0.25, -0.2) is 4.98 Å². The van der Waals surface area contributed by atoms with E-state index in [0.717, 1.165) is 61.5 Å². The number of hydrogen-bond acceptors (Lipinski definition) is 11. The number of halogens is 3. The molecule has 10 nitrogen and oxygen atoms in total. The summed E-state index contributed by atoms with van der Waals surface area (Å²) in [6.07, 6.45) is 5.64. The number of likely N-dealkylation sites (N-methyl/N-ethyl adjacent to an activating group) is 1. The van der Waals surface area contributed by atoms with Crippen LogP contribution in [0.2, 0.25) is 0 Å². The molecular formula is C34H41F3N10S. The molecule has 14 heteroatoms. The monoisotopic (exact) mass is 678 g/mol. The number of aromatic nitrogens is 4. The van der Waals surface area contributed by atoms with Crippen molar-refractivity contribution in [1.29, 1.82) is 0 Å². The Morgan fingerprint density at radius 1 is 0.979 bits per heavy atom. The summed E-state index contributed by atoms with van der Waals surface area (Å²) in [7, 11) is 4.06. The van der Waals surface area contributed by atoms with Crippen LogP contribution in [-0.2, 0) is 6.18 Å². The molecule has 2 aromatic carbocycles. The minimum Gasteiger partial charge on any atom is -0.371 e. The molecule has 0 amide bonds. The van der Waals surface area contributed by atoms with E-state index in [-0.39, 0.29) is 11.6 Å². The van der Waals surface area contributed by atoms with E-state index in [2.05, 4.69) is 58.9 Å². The molecule has 2 N–H and O–H groups in total. The number of benzene rings is 2. The van der Waals surface area contributed by atoms with Gasteiger partial charge in [0.05, 0.1) is 28.1 Å². The lowest BCUT2D eigenvalue weighted by molar-refractivity contribution is -0.136. The van der Waals surface area contributed by atoms with E-state index in [9.17, 15) is 13.2 Å². The highest BCUT2D eigenvalue weighted by molar-refractivity contribution is 7.99. The molecule has 0 aliphatic carbocycles. The molecule has 0 bridgehead atoms. The molecule has 0 radical (unpaired) electrons. The first-order valence-corrected chi connectivity index (χ1v) is 17.2. The summed E-state index contributed by atoms with van der Waals surface area (Å²) in [5.74, 6) is 0.480. The second-order valence-electron chi connectivity index (χ2n) is 12.3. The lowest BCUT2D eigenvalue weighted by Gasteiger charge is -2.43. The Kier molecular flexibility index (Phi) is 9.95. The number of aryl methyl sites for hydroxylation is 1. The maximum Gasteiger partial charge on any atom is 0.418 e. The number of anilines is 6. The van der Waals surface area contributed by atoms with Crippen molar-refractivity contribution >= 4 is 63.6 Å². The topological polar surface area (TPSA) is 88.6 Å². The third-order valence-electron chi connectivity index (χ3n) is 9.23. The van der Waals surface area contributed by atoms with Crippen molar-refractivity contribution in [2.24, 2.45) is 0 Å². The van der Waals surface area contributed by atoms with Crippen molar-refractivity contribution in [2.75, 3.05) is 79.5 Å². The van der Waals surface area contributed by atoms with Crippen molar-refractivity contribution < 1.29 is 13.2 Å².